The summed E-state index contributed by atoms with van der Waals surface area (Å²) in [5.74, 6) is 0. The molecule has 3 heteroatoms. The number of nitrogens with zero attached hydrogens (tertiary/aromatic N) is 2. The first-order chi connectivity index (χ1) is 8.10. The van der Waals surface area contributed by atoms with E-state index in [1.54, 1.807) is 0 Å². The van der Waals surface area contributed by atoms with E-state index in [1.807, 2.05) is 0 Å². The largest absolute Gasteiger partial charge is 0.326 e. The third-order valence-electron chi connectivity index (χ3n) is 3.96. The highest BCUT2D eigenvalue weighted by atomic mass is 15.2. The summed E-state index contributed by atoms with van der Waals surface area (Å²) in [4.78, 5) is 4.99. The molecule has 0 aromatic carbocycles. The van der Waals surface area contributed by atoms with Crippen molar-refractivity contribution in [3.8, 4) is 0 Å². The van der Waals surface area contributed by atoms with E-state index >= 15 is 0 Å². The molecule has 0 spiro atoms. The Morgan fingerprint density at radius 1 is 1.35 bits per heavy atom. The Kier molecular flexibility index (Phi) is 6.45. The predicted octanol–water partition coefficient (Wildman–Crippen LogP) is 1.92. The van der Waals surface area contributed by atoms with Crippen molar-refractivity contribution in [1.29, 1.82) is 0 Å². The predicted molar refractivity (Wildman–Crippen MR) is 75.2 cm³/mol. The van der Waals surface area contributed by atoms with Crippen molar-refractivity contribution >= 4 is 0 Å². The van der Waals surface area contributed by atoms with Crippen LogP contribution in [0.3, 0.4) is 0 Å². The highest BCUT2D eigenvalue weighted by molar-refractivity contribution is 4.90. The maximum absolute atomic E-state index is 6.36. The Morgan fingerprint density at radius 3 is 2.59 bits per heavy atom. The van der Waals surface area contributed by atoms with E-state index in [1.165, 1.54) is 38.8 Å². The number of rotatable bonds is 7. The van der Waals surface area contributed by atoms with Crippen LogP contribution in [0.4, 0.5) is 0 Å². The molecule has 1 aliphatic heterocycles. The molecule has 3 atom stereocenters. The van der Waals surface area contributed by atoms with Crippen molar-refractivity contribution in [3.05, 3.63) is 0 Å². The monoisotopic (exact) mass is 241 g/mol. The van der Waals surface area contributed by atoms with E-state index in [0.717, 1.165) is 12.5 Å². The van der Waals surface area contributed by atoms with Gasteiger partial charge in [-0.1, -0.05) is 20.3 Å². The summed E-state index contributed by atoms with van der Waals surface area (Å²) in [6.07, 6.45) is 6.22. The summed E-state index contributed by atoms with van der Waals surface area (Å²) in [5.41, 5.74) is 6.36. The van der Waals surface area contributed by atoms with Crippen molar-refractivity contribution in [1.82, 2.24) is 9.80 Å². The van der Waals surface area contributed by atoms with Gasteiger partial charge in [-0.2, -0.15) is 0 Å². The lowest BCUT2D eigenvalue weighted by atomic mass is 9.99. The Balaban J connectivity index is 2.59. The number of nitrogens with two attached hydrogens (primary N) is 1. The van der Waals surface area contributed by atoms with Gasteiger partial charge in [-0.05, 0) is 46.3 Å². The summed E-state index contributed by atoms with van der Waals surface area (Å²) in [5, 5.41) is 0. The van der Waals surface area contributed by atoms with Crippen LogP contribution in [0.2, 0.25) is 0 Å². The number of likely N-dealkylation sites (tertiary alicyclic amines) is 1. The minimum absolute atomic E-state index is 0.354. The van der Waals surface area contributed by atoms with Gasteiger partial charge in [0.25, 0.3) is 0 Å². The van der Waals surface area contributed by atoms with Gasteiger partial charge < -0.3 is 10.6 Å². The second-order valence-corrected chi connectivity index (χ2v) is 5.72. The zero-order valence-electron chi connectivity index (χ0n) is 12.2. The van der Waals surface area contributed by atoms with Gasteiger partial charge in [0, 0.05) is 24.7 Å². The summed E-state index contributed by atoms with van der Waals surface area (Å²) in [6.45, 7) is 6.93. The fraction of sp³-hybridized carbons (Fsp3) is 1.00. The minimum Gasteiger partial charge on any atom is -0.326 e. The van der Waals surface area contributed by atoms with E-state index in [9.17, 15) is 0 Å². The van der Waals surface area contributed by atoms with Gasteiger partial charge >= 0.3 is 0 Å². The van der Waals surface area contributed by atoms with Gasteiger partial charge in [-0.25, -0.2) is 0 Å². The van der Waals surface area contributed by atoms with Crippen LogP contribution in [-0.4, -0.2) is 55.1 Å². The molecule has 0 aromatic heterocycles. The Bertz CT molecular complexity index is 206. The molecule has 0 radical (unpaired) electrons. The Morgan fingerprint density at radius 2 is 2.06 bits per heavy atom. The molecule has 1 rings (SSSR count). The number of hydrogen-bond donors (Lipinski definition) is 1. The lowest BCUT2D eigenvalue weighted by Gasteiger charge is -2.37. The number of likely N-dealkylation sites (N-methyl/N-ethyl adjacent to an activating group) is 1. The second-order valence-electron chi connectivity index (χ2n) is 5.72. The standard InChI is InChI=1S/C14H31N3/c1-5-8-13(15)14(6-2)17-10-7-9-12(17)11-16(3)4/h12-14H,5-11,15H2,1-4H3. The molecule has 1 saturated heterocycles. The van der Waals surface area contributed by atoms with Crippen molar-refractivity contribution in [2.45, 2.75) is 64.1 Å². The number of hydrogen-bond acceptors (Lipinski definition) is 3. The van der Waals surface area contributed by atoms with Gasteiger partial charge in [0.05, 0.1) is 0 Å². The highest BCUT2D eigenvalue weighted by Crippen LogP contribution is 2.24. The second kappa shape index (κ2) is 7.34. The smallest absolute Gasteiger partial charge is 0.0248 e. The molecule has 17 heavy (non-hydrogen) atoms. The molecule has 0 aliphatic carbocycles. The average molecular weight is 241 g/mol. The fourth-order valence-corrected chi connectivity index (χ4v) is 3.22. The zero-order valence-corrected chi connectivity index (χ0v) is 12.2. The maximum atomic E-state index is 6.36. The first-order valence-corrected chi connectivity index (χ1v) is 7.26. The van der Waals surface area contributed by atoms with Crippen molar-refractivity contribution < 1.29 is 0 Å². The third-order valence-corrected chi connectivity index (χ3v) is 3.96. The molecule has 102 valence electrons. The van der Waals surface area contributed by atoms with Gasteiger partial charge in [0.15, 0.2) is 0 Å². The maximum Gasteiger partial charge on any atom is 0.0248 e. The topological polar surface area (TPSA) is 32.5 Å². The molecule has 0 saturated carbocycles. The van der Waals surface area contributed by atoms with E-state index in [2.05, 4.69) is 37.7 Å². The molecule has 2 N–H and O–H groups in total. The molecule has 1 heterocycles. The van der Waals surface area contributed by atoms with Crippen LogP contribution in [0.15, 0.2) is 0 Å². The van der Waals surface area contributed by atoms with Crippen molar-refractivity contribution in [2.24, 2.45) is 5.73 Å². The average Bonchev–Trinajstić information content (AvgIpc) is 2.67. The van der Waals surface area contributed by atoms with Crippen LogP contribution in [0.5, 0.6) is 0 Å². The normalized spacial score (nSPS) is 25.4. The van der Waals surface area contributed by atoms with Crippen LogP contribution in [0.1, 0.15) is 46.0 Å². The molecule has 0 bridgehead atoms. The van der Waals surface area contributed by atoms with Gasteiger partial charge in [-0.15, -0.1) is 0 Å². The Labute approximate surface area is 107 Å². The van der Waals surface area contributed by atoms with E-state index < -0.39 is 0 Å². The Hall–Kier alpha value is -0.120. The highest BCUT2D eigenvalue weighted by Gasteiger charge is 2.32. The summed E-state index contributed by atoms with van der Waals surface area (Å²) in [7, 11) is 4.34. The summed E-state index contributed by atoms with van der Waals surface area (Å²) >= 11 is 0. The minimum atomic E-state index is 0.354. The molecular weight excluding hydrogens is 210 g/mol. The molecule has 0 aromatic rings. The first-order valence-electron chi connectivity index (χ1n) is 7.26. The van der Waals surface area contributed by atoms with Crippen LogP contribution in [0.25, 0.3) is 0 Å². The first kappa shape index (κ1) is 14.9. The van der Waals surface area contributed by atoms with Crippen molar-refractivity contribution in [3.63, 3.8) is 0 Å². The van der Waals surface area contributed by atoms with Crippen LogP contribution < -0.4 is 5.73 Å². The van der Waals surface area contributed by atoms with Gasteiger partial charge in [-0.3, -0.25) is 4.90 Å². The molecule has 3 nitrogen and oxygen atoms in total. The van der Waals surface area contributed by atoms with Gasteiger partial charge in [0.2, 0.25) is 0 Å². The SMILES string of the molecule is CCCC(N)C(CC)N1CCCC1CN(C)C. The summed E-state index contributed by atoms with van der Waals surface area (Å²) in [6, 6.07) is 1.66. The van der Waals surface area contributed by atoms with Crippen LogP contribution in [0, 0.1) is 0 Å². The molecule has 1 aliphatic rings. The van der Waals surface area contributed by atoms with Crippen molar-refractivity contribution in [2.75, 3.05) is 27.2 Å². The van der Waals surface area contributed by atoms with E-state index in [-0.39, 0.29) is 0 Å². The molecule has 1 fully saturated rings. The third kappa shape index (κ3) is 4.23. The van der Waals surface area contributed by atoms with E-state index in [4.69, 9.17) is 5.73 Å². The van der Waals surface area contributed by atoms with Gasteiger partial charge in [0.1, 0.15) is 0 Å². The lowest BCUT2D eigenvalue weighted by molar-refractivity contribution is 0.127. The molecular formula is C14H31N3. The zero-order chi connectivity index (χ0) is 12.8. The van der Waals surface area contributed by atoms with Crippen LogP contribution >= 0.6 is 0 Å². The fourth-order valence-electron chi connectivity index (χ4n) is 3.22. The summed E-state index contributed by atoms with van der Waals surface area (Å²) < 4.78 is 0. The van der Waals surface area contributed by atoms with E-state index in [0.29, 0.717) is 12.1 Å². The van der Waals surface area contributed by atoms with Crippen LogP contribution in [-0.2, 0) is 0 Å². The quantitative estimate of drug-likeness (QED) is 0.739. The molecule has 0 amide bonds. The molecule has 3 unspecified atom stereocenters. The lowest BCUT2D eigenvalue weighted by Crippen LogP contribution is -2.51.